The van der Waals surface area contributed by atoms with Gasteiger partial charge in [0.15, 0.2) is 0 Å². The van der Waals surface area contributed by atoms with Crippen LogP contribution in [0.5, 0.6) is 0 Å². The number of hydrogen-bond acceptors (Lipinski definition) is 3. The number of hydrogen-bond donors (Lipinski definition) is 2. The molecule has 2 heterocycles. The van der Waals surface area contributed by atoms with Gasteiger partial charge in [-0.2, -0.15) is 0 Å². The van der Waals surface area contributed by atoms with Crippen molar-refractivity contribution in [1.82, 2.24) is 4.57 Å². The summed E-state index contributed by atoms with van der Waals surface area (Å²) in [4.78, 5) is 19.1. The Morgan fingerprint density at radius 2 is 1.94 bits per heavy atom. The van der Waals surface area contributed by atoms with E-state index >= 15 is 0 Å². The molecule has 1 aromatic heterocycles. The Morgan fingerprint density at radius 3 is 2.44 bits per heavy atom. The predicted octanol–water partition coefficient (Wildman–Crippen LogP) is 1.40. The molecule has 0 radical (unpaired) electrons. The van der Waals surface area contributed by atoms with Gasteiger partial charge in [0.1, 0.15) is 0 Å². The number of fused-ring (bicyclic) bond motifs is 1. The van der Waals surface area contributed by atoms with Gasteiger partial charge in [0, 0.05) is 29.8 Å². The van der Waals surface area contributed by atoms with E-state index in [4.69, 9.17) is 10.2 Å². The SMILES string of the molecule is O=C(O)/C=C/C(=O)O.c1cc2n(c1)CSC2. The highest BCUT2D eigenvalue weighted by atomic mass is 32.2. The van der Waals surface area contributed by atoms with Crippen LogP contribution in [0.3, 0.4) is 0 Å². The largest absolute Gasteiger partial charge is 0.478 e. The van der Waals surface area contributed by atoms with Gasteiger partial charge < -0.3 is 14.8 Å². The Morgan fingerprint density at radius 1 is 1.31 bits per heavy atom. The molecule has 5 nitrogen and oxygen atoms in total. The van der Waals surface area contributed by atoms with Crippen molar-refractivity contribution in [2.75, 3.05) is 0 Å². The molecule has 1 aromatic rings. The predicted molar refractivity (Wildman–Crippen MR) is 60.1 cm³/mol. The Kier molecular flexibility index (Phi) is 4.65. The van der Waals surface area contributed by atoms with Crippen LogP contribution in [0.15, 0.2) is 30.5 Å². The number of aromatic nitrogens is 1. The van der Waals surface area contributed by atoms with E-state index < -0.39 is 11.9 Å². The minimum absolute atomic E-state index is 0.558. The number of thioether (sulfide) groups is 1. The lowest BCUT2D eigenvalue weighted by molar-refractivity contribution is -0.134. The van der Waals surface area contributed by atoms with Crippen LogP contribution in [-0.2, 0) is 21.2 Å². The maximum atomic E-state index is 9.55. The summed E-state index contributed by atoms with van der Waals surface area (Å²) in [5.74, 6) is -0.158. The van der Waals surface area contributed by atoms with Gasteiger partial charge in [-0.1, -0.05) is 0 Å². The third kappa shape index (κ3) is 4.22. The van der Waals surface area contributed by atoms with Gasteiger partial charge in [0.2, 0.25) is 0 Å². The molecule has 0 saturated carbocycles. The smallest absolute Gasteiger partial charge is 0.328 e. The zero-order chi connectivity index (χ0) is 12.0. The van der Waals surface area contributed by atoms with Crippen molar-refractivity contribution < 1.29 is 19.8 Å². The fourth-order valence-corrected chi connectivity index (χ4v) is 2.11. The lowest BCUT2D eigenvalue weighted by atomic mass is 10.5. The topological polar surface area (TPSA) is 79.5 Å². The molecule has 2 rings (SSSR count). The normalized spacial score (nSPS) is 13.0. The standard InChI is InChI=1S/C6H7NS.C4H4O4/c1-2-6-4-8-5-7(6)3-1;5-3(6)1-2-4(7)8/h1-3H,4-5H2;1-2H,(H,5,6)(H,7,8)/b;2-1+. The van der Waals surface area contributed by atoms with E-state index in [0.717, 1.165) is 5.88 Å². The third-order valence-corrected chi connectivity index (χ3v) is 2.73. The van der Waals surface area contributed by atoms with Crippen LogP contribution < -0.4 is 0 Å². The first-order chi connectivity index (χ1) is 7.59. The zero-order valence-electron chi connectivity index (χ0n) is 8.37. The maximum Gasteiger partial charge on any atom is 0.328 e. The Balaban J connectivity index is 0.000000160. The average molecular weight is 241 g/mol. The van der Waals surface area contributed by atoms with Crippen molar-refractivity contribution in [3.05, 3.63) is 36.2 Å². The second-order valence-electron chi connectivity index (χ2n) is 2.96. The molecule has 0 fully saturated rings. The molecule has 0 aliphatic carbocycles. The second-order valence-corrected chi connectivity index (χ2v) is 3.91. The molecule has 0 spiro atoms. The molecule has 6 heteroatoms. The number of carboxylic acids is 2. The van der Waals surface area contributed by atoms with Crippen molar-refractivity contribution in [2.24, 2.45) is 0 Å². The summed E-state index contributed by atoms with van der Waals surface area (Å²) < 4.78 is 2.28. The van der Waals surface area contributed by atoms with Crippen molar-refractivity contribution in [1.29, 1.82) is 0 Å². The maximum absolute atomic E-state index is 9.55. The van der Waals surface area contributed by atoms with Gasteiger partial charge >= 0.3 is 11.9 Å². The zero-order valence-corrected chi connectivity index (χ0v) is 9.18. The van der Waals surface area contributed by atoms with Crippen LogP contribution in [0.4, 0.5) is 0 Å². The van der Waals surface area contributed by atoms with Crippen LogP contribution in [-0.4, -0.2) is 26.7 Å². The molecule has 16 heavy (non-hydrogen) atoms. The molecule has 0 amide bonds. The third-order valence-electron chi connectivity index (χ3n) is 1.77. The Labute approximate surface area is 96.4 Å². The quantitative estimate of drug-likeness (QED) is 0.765. The Hall–Kier alpha value is -1.69. The number of carboxylic acid groups (broad SMARTS) is 2. The van der Waals surface area contributed by atoms with Crippen molar-refractivity contribution in [2.45, 2.75) is 11.6 Å². The summed E-state index contributed by atoms with van der Waals surface area (Å²) in [6.45, 7) is 0. The number of rotatable bonds is 2. The second kappa shape index (κ2) is 6.02. The summed E-state index contributed by atoms with van der Waals surface area (Å²) in [6.07, 6.45) is 3.25. The van der Waals surface area contributed by atoms with Gasteiger partial charge in [-0.15, -0.1) is 11.8 Å². The van der Waals surface area contributed by atoms with E-state index in [2.05, 4.69) is 22.9 Å². The van der Waals surface area contributed by atoms with E-state index in [9.17, 15) is 9.59 Å². The van der Waals surface area contributed by atoms with E-state index in [1.165, 1.54) is 11.4 Å². The number of aliphatic carboxylic acids is 2. The van der Waals surface area contributed by atoms with Gasteiger partial charge in [-0.25, -0.2) is 9.59 Å². The van der Waals surface area contributed by atoms with E-state index in [-0.39, 0.29) is 0 Å². The molecule has 1 aliphatic rings. The minimum Gasteiger partial charge on any atom is -0.478 e. The van der Waals surface area contributed by atoms with Gasteiger partial charge in [-0.05, 0) is 12.1 Å². The molecule has 0 atom stereocenters. The molecule has 0 saturated heterocycles. The molecule has 0 aromatic carbocycles. The molecule has 86 valence electrons. The summed E-state index contributed by atoms with van der Waals surface area (Å²) in [5, 5.41) is 15.6. The van der Waals surface area contributed by atoms with Crippen molar-refractivity contribution in [3.8, 4) is 0 Å². The summed E-state index contributed by atoms with van der Waals surface area (Å²) >= 11 is 1.97. The lowest BCUT2D eigenvalue weighted by Gasteiger charge is -1.88. The van der Waals surface area contributed by atoms with Crippen molar-refractivity contribution >= 4 is 23.7 Å². The Bertz CT molecular complexity index is 376. The van der Waals surface area contributed by atoms with Crippen LogP contribution in [0.25, 0.3) is 0 Å². The highest BCUT2D eigenvalue weighted by Gasteiger charge is 2.06. The van der Waals surface area contributed by atoms with E-state index in [1.54, 1.807) is 0 Å². The number of carbonyl (C=O) groups is 2. The molecule has 0 unspecified atom stereocenters. The first-order valence-corrected chi connectivity index (χ1v) is 5.61. The minimum atomic E-state index is -1.26. The fraction of sp³-hybridized carbons (Fsp3) is 0.200. The van der Waals surface area contributed by atoms with Crippen molar-refractivity contribution in [3.63, 3.8) is 0 Å². The molecular weight excluding hydrogens is 230 g/mol. The highest BCUT2D eigenvalue weighted by molar-refractivity contribution is 7.97. The molecule has 2 N–H and O–H groups in total. The van der Waals surface area contributed by atoms with Gasteiger partial charge in [0.05, 0.1) is 5.88 Å². The lowest BCUT2D eigenvalue weighted by Crippen LogP contribution is -1.91. The molecule has 1 aliphatic heterocycles. The van der Waals surface area contributed by atoms with E-state index in [1.807, 2.05) is 11.8 Å². The monoisotopic (exact) mass is 241 g/mol. The van der Waals surface area contributed by atoms with Gasteiger partial charge in [-0.3, -0.25) is 0 Å². The van der Waals surface area contributed by atoms with Crippen LogP contribution in [0.2, 0.25) is 0 Å². The van der Waals surface area contributed by atoms with Crippen LogP contribution in [0, 0.1) is 0 Å². The van der Waals surface area contributed by atoms with E-state index in [0.29, 0.717) is 12.2 Å². The first kappa shape index (κ1) is 12.4. The summed E-state index contributed by atoms with van der Waals surface area (Å²) in [5.41, 5.74) is 1.47. The molecular formula is C10H11NO4S. The van der Waals surface area contributed by atoms with Crippen LogP contribution in [0.1, 0.15) is 5.69 Å². The van der Waals surface area contributed by atoms with Gasteiger partial charge in [0.25, 0.3) is 0 Å². The summed E-state index contributed by atoms with van der Waals surface area (Å²) in [7, 11) is 0. The highest BCUT2D eigenvalue weighted by Crippen LogP contribution is 2.22. The fourth-order valence-electron chi connectivity index (χ4n) is 1.10. The van der Waals surface area contributed by atoms with Crippen LogP contribution >= 0.6 is 11.8 Å². The first-order valence-electron chi connectivity index (χ1n) is 4.45. The average Bonchev–Trinajstić information content (AvgIpc) is 2.76. The summed E-state index contributed by atoms with van der Waals surface area (Å²) in [6, 6.07) is 4.29. The molecule has 0 bridgehead atoms. The number of nitrogens with zero attached hydrogens (tertiary/aromatic N) is 1.